The van der Waals surface area contributed by atoms with Gasteiger partial charge in [-0.15, -0.1) is 0 Å². The summed E-state index contributed by atoms with van der Waals surface area (Å²) in [7, 11) is 0. The van der Waals surface area contributed by atoms with Crippen molar-refractivity contribution in [3.63, 3.8) is 0 Å². The van der Waals surface area contributed by atoms with Crippen molar-refractivity contribution in [2.75, 3.05) is 0 Å². The van der Waals surface area contributed by atoms with E-state index in [9.17, 15) is 4.79 Å². The molecular weight excluding hydrogens is 190 g/mol. The Morgan fingerprint density at radius 1 is 1.33 bits per heavy atom. The first-order valence-corrected chi connectivity index (χ1v) is 5.13. The third-order valence-corrected chi connectivity index (χ3v) is 3.10. The number of carbonyl (C=O) groups is 1. The molecule has 3 nitrogen and oxygen atoms in total. The zero-order valence-corrected chi connectivity index (χ0v) is 8.21. The SMILES string of the molecule is O=C(O)c1[nH]c2cccc3c2c1CCC3. The van der Waals surface area contributed by atoms with Crippen molar-refractivity contribution in [2.45, 2.75) is 19.3 Å². The van der Waals surface area contributed by atoms with Gasteiger partial charge in [0.1, 0.15) is 5.69 Å². The molecule has 1 aliphatic carbocycles. The van der Waals surface area contributed by atoms with Crippen LogP contribution < -0.4 is 0 Å². The van der Waals surface area contributed by atoms with Crippen molar-refractivity contribution in [1.82, 2.24) is 4.98 Å². The minimum Gasteiger partial charge on any atom is -0.477 e. The van der Waals surface area contributed by atoms with E-state index < -0.39 is 5.97 Å². The fourth-order valence-corrected chi connectivity index (χ4v) is 2.49. The molecule has 76 valence electrons. The zero-order valence-electron chi connectivity index (χ0n) is 8.21. The third kappa shape index (κ3) is 1.09. The van der Waals surface area contributed by atoms with Crippen molar-refractivity contribution < 1.29 is 9.90 Å². The number of aromatic nitrogens is 1. The molecule has 0 saturated carbocycles. The molecule has 2 N–H and O–H groups in total. The lowest BCUT2D eigenvalue weighted by molar-refractivity contribution is 0.0690. The van der Waals surface area contributed by atoms with Crippen molar-refractivity contribution in [1.29, 1.82) is 0 Å². The monoisotopic (exact) mass is 201 g/mol. The third-order valence-electron chi connectivity index (χ3n) is 3.10. The topological polar surface area (TPSA) is 53.1 Å². The maximum Gasteiger partial charge on any atom is 0.352 e. The molecule has 0 spiro atoms. The standard InChI is InChI=1S/C12H11NO2/c14-12(15)11-8-5-1-3-7-4-2-6-9(13-11)10(7)8/h2,4,6,13H,1,3,5H2,(H,14,15). The van der Waals surface area contributed by atoms with Gasteiger partial charge in [-0.3, -0.25) is 0 Å². The second-order valence-electron chi connectivity index (χ2n) is 3.98. The van der Waals surface area contributed by atoms with E-state index in [0.717, 1.165) is 35.7 Å². The molecule has 15 heavy (non-hydrogen) atoms. The molecule has 1 aromatic heterocycles. The van der Waals surface area contributed by atoms with E-state index in [2.05, 4.69) is 11.1 Å². The molecule has 1 aliphatic rings. The highest BCUT2D eigenvalue weighted by molar-refractivity contribution is 5.99. The van der Waals surface area contributed by atoms with Crippen molar-refractivity contribution in [2.24, 2.45) is 0 Å². The Labute approximate surface area is 86.7 Å². The van der Waals surface area contributed by atoms with Crippen molar-refractivity contribution in [3.8, 4) is 0 Å². The van der Waals surface area contributed by atoms with Gasteiger partial charge in [0.15, 0.2) is 0 Å². The van der Waals surface area contributed by atoms with Gasteiger partial charge in [-0.25, -0.2) is 4.79 Å². The number of carboxylic acids is 1. The molecule has 0 unspecified atom stereocenters. The predicted molar refractivity (Wildman–Crippen MR) is 57.3 cm³/mol. The summed E-state index contributed by atoms with van der Waals surface area (Å²) in [4.78, 5) is 14.1. The molecule has 1 aromatic carbocycles. The second-order valence-corrected chi connectivity index (χ2v) is 3.98. The van der Waals surface area contributed by atoms with E-state index in [1.54, 1.807) is 0 Å². The van der Waals surface area contributed by atoms with Crippen LogP contribution in [0.5, 0.6) is 0 Å². The zero-order chi connectivity index (χ0) is 10.4. The molecule has 1 heterocycles. The number of benzene rings is 1. The molecule has 0 fully saturated rings. The van der Waals surface area contributed by atoms with Crippen LogP contribution in [0, 0.1) is 0 Å². The molecule has 2 aromatic rings. The minimum absolute atomic E-state index is 0.372. The molecular formula is C12H11NO2. The highest BCUT2D eigenvalue weighted by Crippen LogP contribution is 2.31. The maximum absolute atomic E-state index is 11.1. The van der Waals surface area contributed by atoms with Crippen molar-refractivity contribution in [3.05, 3.63) is 35.0 Å². The van der Waals surface area contributed by atoms with Gasteiger partial charge in [0.05, 0.1) is 0 Å². The lowest BCUT2D eigenvalue weighted by Gasteiger charge is -2.11. The summed E-state index contributed by atoms with van der Waals surface area (Å²) in [6, 6.07) is 6.01. The molecule has 3 heteroatoms. The van der Waals surface area contributed by atoms with Gasteiger partial charge < -0.3 is 10.1 Å². The second kappa shape index (κ2) is 2.86. The average molecular weight is 201 g/mol. The summed E-state index contributed by atoms with van der Waals surface area (Å²) < 4.78 is 0. The van der Waals surface area contributed by atoms with E-state index in [1.165, 1.54) is 5.56 Å². The Balaban J connectivity index is 2.43. The largest absolute Gasteiger partial charge is 0.477 e. The lowest BCUT2D eigenvalue weighted by Crippen LogP contribution is -2.04. The Kier molecular flexibility index (Phi) is 1.63. The molecule has 0 atom stereocenters. The number of aryl methyl sites for hydroxylation is 2. The summed E-state index contributed by atoms with van der Waals surface area (Å²) in [5.74, 6) is -0.853. The highest BCUT2D eigenvalue weighted by Gasteiger charge is 2.21. The smallest absolute Gasteiger partial charge is 0.352 e. The Hall–Kier alpha value is -1.77. The summed E-state index contributed by atoms with van der Waals surface area (Å²) in [6.45, 7) is 0. The van der Waals surface area contributed by atoms with Crippen LogP contribution in [0.1, 0.15) is 28.0 Å². The summed E-state index contributed by atoms with van der Waals surface area (Å²) in [5, 5.41) is 10.2. The van der Waals surface area contributed by atoms with E-state index in [4.69, 9.17) is 5.11 Å². The van der Waals surface area contributed by atoms with Crippen LogP contribution in [0.2, 0.25) is 0 Å². The van der Waals surface area contributed by atoms with Crippen LogP contribution >= 0.6 is 0 Å². The van der Waals surface area contributed by atoms with Crippen LogP contribution in [0.15, 0.2) is 18.2 Å². The van der Waals surface area contributed by atoms with Crippen molar-refractivity contribution >= 4 is 16.9 Å². The van der Waals surface area contributed by atoms with Crippen LogP contribution in [0.4, 0.5) is 0 Å². The van der Waals surface area contributed by atoms with Gasteiger partial charge in [0, 0.05) is 10.9 Å². The first kappa shape index (κ1) is 8.53. The van der Waals surface area contributed by atoms with Gasteiger partial charge in [-0.05, 0) is 36.5 Å². The highest BCUT2D eigenvalue weighted by atomic mass is 16.4. The number of nitrogens with one attached hydrogen (secondary N) is 1. The Morgan fingerprint density at radius 3 is 3.00 bits per heavy atom. The minimum atomic E-state index is -0.853. The predicted octanol–water partition coefficient (Wildman–Crippen LogP) is 2.35. The van der Waals surface area contributed by atoms with Crippen LogP contribution in [0.3, 0.4) is 0 Å². The Morgan fingerprint density at radius 2 is 2.20 bits per heavy atom. The molecule has 0 amide bonds. The van der Waals surface area contributed by atoms with Crippen LogP contribution in [-0.2, 0) is 12.8 Å². The van der Waals surface area contributed by atoms with Gasteiger partial charge in [0.2, 0.25) is 0 Å². The molecule has 0 radical (unpaired) electrons. The van der Waals surface area contributed by atoms with E-state index in [0.29, 0.717) is 5.69 Å². The van der Waals surface area contributed by atoms with Gasteiger partial charge in [0.25, 0.3) is 0 Å². The number of H-pyrrole nitrogens is 1. The van der Waals surface area contributed by atoms with Crippen LogP contribution in [-0.4, -0.2) is 16.1 Å². The maximum atomic E-state index is 11.1. The lowest BCUT2D eigenvalue weighted by atomic mass is 9.92. The van der Waals surface area contributed by atoms with E-state index in [1.807, 2.05) is 12.1 Å². The van der Waals surface area contributed by atoms with Gasteiger partial charge in [-0.1, -0.05) is 12.1 Å². The Bertz CT molecular complexity index is 554. The molecule has 0 saturated heterocycles. The first-order valence-electron chi connectivity index (χ1n) is 5.13. The van der Waals surface area contributed by atoms with E-state index in [-0.39, 0.29) is 0 Å². The summed E-state index contributed by atoms with van der Waals surface area (Å²) >= 11 is 0. The van der Waals surface area contributed by atoms with Gasteiger partial charge >= 0.3 is 5.97 Å². The fourth-order valence-electron chi connectivity index (χ4n) is 2.49. The van der Waals surface area contributed by atoms with Crippen LogP contribution in [0.25, 0.3) is 10.9 Å². The number of rotatable bonds is 1. The normalized spacial score (nSPS) is 14.4. The molecule has 0 bridgehead atoms. The first-order chi connectivity index (χ1) is 7.27. The number of hydrogen-bond acceptors (Lipinski definition) is 1. The summed E-state index contributed by atoms with van der Waals surface area (Å²) in [5.41, 5.74) is 3.59. The average Bonchev–Trinajstić information content (AvgIpc) is 2.61. The fraction of sp³-hybridized carbons (Fsp3) is 0.250. The molecule has 0 aliphatic heterocycles. The molecule has 3 rings (SSSR count). The quantitative estimate of drug-likeness (QED) is 0.744. The number of aromatic carboxylic acids is 1. The number of aromatic amines is 1. The van der Waals surface area contributed by atoms with E-state index >= 15 is 0 Å². The van der Waals surface area contributed by atoms with Gasteiger partial charge in [-0.2, -0.15) is 0 Å². The number of carboxylic acid groups (broad SMARTS) is 1. The number of hydrogen-bond donors (Lipinski definition) is 2. The summed E-state index contributed by atoms with van der Waals surface area (Å²) in [6.07, 6.45) is 2.98.